The number of amides is 1. The fraction of sp³-hybridized carbons (Fsp3) is 0.167. The number of carbonyl (C=O) groups excluding carboxylic acids is 1. The lowest BCUT2D eigenvalue weighted by atomic mass is 10.2. The van der Waals surface area contributed by atoms with Gasteiger partial charge in [-0.25, -0.2) is 9.97 Å². The molecular weight excluding hydrogens is 392 g/mol. The highest BCUT2D eigenvalue weighted by Crippen LogP contribution is 2.16. The van der Waals surface area contributed by atoms with Crippen molar-refractivity contribution in [1.29, 1.82) is 0 Å². The van der Waals surface area contributed by atoms with E-state index in [0.717, 1.165) is 11.3 Å². The van der Waals surface area contributed by atoms with Crippen LogP contribution in [0.15, 0.2) is 71.7 Å². The molecule has 1 N–H and O–H groups in total. The molecule has 0 aliphatic heterocycles. The largest absolute Gasteiger partial charge is 0.481 e. The molecule has 0 aliphatic rings. The first kappa shape index (κ1) is 20.3. The summed E-state index contributed by atoms with van der Waals surface area (Å²) in [5.74, 6) is 0.820. The second-order valence-electron chi connectivity index (χ2n) is 7.16. The van der Waals surface area contributed by atoms with Crippen molar-refractivity contribution in [3.63, 3.8) is 0 Å². The summed E-state index contributed by atoms with van der Waals surface area (Å²) in [4.78, 5) is 34.5. The molecule has 4 rings (SSSR count). The number of nitrogens with one attached hydrogen (secondary N) is 1. The molecule has 0 fully saturated rings. The number of aryl methyl sites for hydroxylation is 2. The molecule has 7 heteroatoms. The van der Waals surface area contributed by atoms with Gasteiger partial charge in [0.15, 0.2) is 0 Å². The zero-order valence-electron chi connectivity index (χ0n) is 17.3. The summed E-state index contributed by atoms with van der Waals surface area (Å²) >= 11 is 0. The molecular formula is C24H22N4O3. The summed E-state index contributed by atoms with van der Waals surface area (Å²) in [6, 6.07) is 18.3. The average Bonchev–Trinajstić information content (AvgIpc) is 2.79. The van der Waals surface area contributed by atoms with Crippen LogP contribution in [0.25, 0.3) is 16.6 Å². The molecule has 2 aromatic heterocycles. The lowest BCUT2D eigenvalue weighted by Gasteiger charge is -2.14. The SMILES string of the molecule is COc1ccc(NC(=O)CCc2nc3ccccc3c(=O)n2-c2ccc(C)cc2)cn1. The molecule has 156 valence electrons. The Morgan fingerprint density at radius 3 is 2.55 bits per heavy atom. The molecule has 0 saturated carbocycles. The summed E-state index contributed by atoms with van der Waals surface area (Å²) < 4.78 is 6.61. The summed E-state index contributed by atoms with van der Waals surface area (Å²) in [5.41, 5.74) is 2.87. The number of aromatic nitrogens is 3. The molecule has 0 unspecified atom stereocenters. The molecule has 0 atom stereocenters. The smallest absolute Gasteiger partial charge is 0.265 e. The van der Waals surface area contributed by atoms with Crippen molar-refractivity contribution in [3.8, 4) is 11.6 Å². The van der Waals surface area contributed by atoms with Crippen molar-refractivity contribution in [2.24, 2.45) is 0 Å². The maximum absolute atomic E-state index is 13.2. The third-order valence-electron chi connectivity index (χ3n) is 4.94. The third-order valence-corrected chi connectivity index (χ3v) is 4.94. The summed E-state index contributed by atoms with van der Waals surface area (Å²) in [7, 11) is 1.53. The van der Waals surface area contributed by atoms with Crippen LogP contribution in [0.3, 0.4) is 0 Å². The van der Waals surface area contributed by atoms with Crippen molar-refractivity contribution < 1.29 is 9.53 Å². The number of fused-ring (bicyclic) bond motifs is 1. The van der Waals surface area contributed by atoms with E-state index in [9.17, 15) is 9.59 Å². The van der Waals surface area contributed by atoms with Crippen LogP contribution >= 0.6 is 0 Å². The Hall–Kier alpha value is -4.00. The van der Waals surface area contributed by atoms with Crippen LogP contribution in [-0.4, -0.2) is 27.6 Å². The number of nitrogens with zero attached hydrogens (tertiary/aromatic N) is 3. The first-order chi connectivity index (χ1) is 15.0. The third kappa shape index (κ3) is 4.45. The Balaban J connectivity index is 1.62. The average molecular weight is 414 g/mol. The van der Waals surface area contributed by atoms with Crippen molar-refractivity contribution >= 4 is 22.5 Å². The summed E-state index contributed by atoms with van der Waals surface area (Å²) in [5, 5.41) is 3.35. The quantitative estimate of drug-likeness (QED) is 0.520. The van der Waals surface area contributed by atoms with Crippen LogP contribution < -0.4 is 15.6 Å². The van der Waals surface area contributed by atoms with E-state index in [2.05, 4.69) is 10.3 Å². The highest BCUT2D eigenvalue weighted by molar-refractivity contribution is 5.90. The standard InChI is InChI=1S/C24H22N4O3/c1-16-7-10-18(11-8-16)28-21(27-20-6-4-3-5-19(20)24(28)30)12-13-22(29)26-17-9-14-23(31-2)25-15-17/h3-11,14-15H,12-13H2,1-2H3,(H,26,29). The number of anilines is 1. The monoisotopic (exact) mass is 414 g/mol. The Kier molecular flexibility index (Phi) is 5.75. The van der Waals surface area contributed by atoms with E-state index >= 15 is 0 Å². The zero-order valence-corrected chi connectivity index (χ0v) is 17.3. The van der Waals surface area contributed by atoms with Gasteiger partial charge in [-0.3, -0.25) is 14.2 Å². The molecule has 2 aromatic carbocycles. The molecule has 0 saturated heterocycles. The minimum atomic E-state index is -0.190. The number of rotatable bonds is 6. The minimum absolute atomic E-state index is 0.149. The second kappa shape index (κ2) is 8.79. The van der Waals surface area contributed by atoms with E-state index in [1.165, 1.54) is 13.3 Å². The maximum atomic E-state index is 13.2. The normalized spacial score (nSPS) is 10.8. The maximum Gasteiger partial charge on any atom is 0.265 e. The van der Waals surface area contributed by atoms with Crippen LogP contribution in [0.5, 0.6) is 5.88 Å². The number of hydrogen-bond donors (Lipinski definition) is 1. The van der Waals surface area contributed by atoms with Crippen LogP contribution in [0.2, 0.25) is 0 Å². The van der Waals surface area contributed by atoms with Gasteiger partial charge in [-0.2, -0.15) is 0 Å². The highest BCUT2D eigenvalue weighted by Gasteiger charge is 2.14. The van der Waals surface area contributed by atoms with E-state index in [4.69, 9.17) is 9.72 Å². The summed E-state index contributed by atoms with van der Waals surface area (Å²) in [6.45, 7) is 1.99. The first-order valence-electron chi connectivity index (χ1n) is 9.93. The number of benzene rings is 2. The van der Waals surface area contributed by atoms with Gasteiger partial charge in [0.05, 0.1) is 35.6 Å². The number of hydrogen-bond acceptors (Lipinski definition) is 5. The Bertz CT molecular complexity index is 1280. The summed E-state index contributed by atoms with van der Waals surface area (Å²) in [6.07, 6.45) is 2.01. The van der Waals surface area contributed by atoms with E-state index in [0.29, 0.717) is 34.7 Å². The second-order valence-corrected chi connectivity index (χ2v) is 7.16. The van der Waals surface area contributed by atoms with Gasteiger partial charge in [-0.05, 0) is 37.3 Å². The van der Waals surface area contributed by atoms with Crippen LogP contribution in [0.4, 0.5) is 5.69 Å². The van der Waals surface area contributed by atoms with Gasteiger partial charge >= 0.3 is 0 Å². The molecule has 2 heterocycles. The Morgan fingerprint density at radius 1 is 1.06 bits per heavy atom. The lowest BCUT2D eigenvalue weighted by molar-refractivity contribution is -0.116. The number of para-hydroxylation sites is 1. The molecule has 0 radical (unpaired) electrons. The number of methoxy groups -OCH3 is 1. The van der Waals surface area contributed by atoms with Crippen molar-refractivity contribution in [3.05, 3.63) is 88.6 Å². The van der Waals surface area contributed by atoms with Gasteiger partial charge in [-0.15, -0.1) is 0 Å². The lowest BCUT2D eigenvalue weighted by Crippen LogP contribution is -2.25. The van der Waals surface area contributed by atoms with Gasteiger partial charge < -0.3 is 10.1 Å². The molecule has 1 amide bonds. The van der Waals surface area contributed by atoms with Crippen LogP contribution in [0, 0.1) is 6.92 Å². The first-order valence-corrected chi connectivity index (χ1v) is 9.93. The number of ether oxygens (including phenoxy) is 1. The molecule has 4 aromatic rings. The fourth-order valence-corrected chi connectivity index (χ4v) is 3.33. The topological polar surface area (TPSA) is 86.1 Å². The van der Waals surface area contributed by atoms with E-state index in [1.54, 1.807) is 22.8 Å². The van der Waals surface area contributed by atoms with Crippen molar-refractivity contribution in [1.82, 2.24) is 14.5 Å². The van der Waals surface area contributed by atoms with Crippen molar-refractivity contribution in [2.45, 2.75) is 19.8 Å². The van der Waals surface area contributed by atoms with Gasteiger partial charge in [0, 0.05) is 18.9 Å². The molecule has 0 bridgehead atoms. The predicted octanol–water partition coefficient (Wildman–Crippen LogP) is 3.67. The molecule has 31 heavy (non-hydrogen) atoms. The molecule has 0 aliphatic carbocycles. The predicted molar refractivity (Wildman–Crippen MR) is 120 cm³/mol. The molecule has 0 spiro atoms. The highest BCUT2D eigenvalue weighted by atomic mass is 16.5. The number of pyridine rings is 1. The minimum Gasteiger partial charge on any atom is -0.481 e. The van der Waals surface area contributed by atoms with Crippen LogP contribution in [-0.2, 0) is 11.2 Å². The van der Waals surface area contributed by atoms with Crippen LogP contribution in [0.1, 0.15) is 17.8 Å². The zero-order chi connectivity index (χ0) is 21.8. The van der Waals surface area contributed by atoms with E-state index in [-0.39, 0.29) is 17.9 Å². The Morgan fingerprint density at radius 2 is 1.84 bits per heavy atom. The Labute approximate surface area is 179 Å². The molecule has 7 nitrogen and oxygen atoms in total. The van der Waals surface area contributed by atoms with E-state index in [1.807, 2.05) is 49.4 Å². The van der Waals surface area contributed by atoms with Gasteiger partial charge in [0.25, 0.3) is 5.56 Å². The van der Waals surface area contributed by atoms with Gasteiger partial charge in [0.2, 0.25) is 11.8 Å². The number of carbonyl (C=O) groups is 1. The van der Waals surface area contributed by atoms with E-state index < -0.39 is 0 Å². The van der Waals surface area contributed by atoms with Gasteiger partial charge in [0.1, 0.15) is 5.82 Å². The van der Waals surface area contributed by atoms with Gasteiger partial charge in [-0.1, -0.05) is 29.8 Å². The van der Waals surface area contributed by atoms with Crippen molar-refractivity contribution in [2.75, 3.05) is 12.4 Å². The fourth-order valence-electron chi connectivity index (χ4n) is 3.33.